The molecule has 1 aromatic carbocycles. The Kier molecular flexibility index (Phi) is 3.28. The number of ketones is 1. The Bertz CT molecular complexity index is 537. The van der Waals surface area contributed by atoms with E-state index in [9.17, 15) is 9.18 Å². The molecular weight excluding hydrogens is 217 g/mol. The first-order valence-corrected chi connectivity index (χ1v) is 5.35. The van der Waals surface area contributed by atoms with Crippen LogP contribution in [-0.2, 0) is 6.42 Å². The molecule has 0 aliphatic rings. The van der Waals surface area contributed by atoms with Crippen LogP contribution < -0.4 is 0 Å². The first kappa shape index (κ1) is 11.5. The van der Waals surface area contributed by atoms with Crippen LogP contribution in [0.4, 0.5) is 4.39 Å². The molecule has 86 valence electrons. The van der Waals surface area contributed by atoms with E-state index in [2.05, 4.69) is 4.98 Å². The molecule has 2 nitrogen and oxygen atoms in total. The van der Waals surface area contributed by atoms with E-state index in [-0.39, 0.29) is 18.0 Å². The number of hydrogen-bond donors (Lipinski definition) is 0. The molecule has 1 heterocycles. The molecule has 0 aliphatic carbocycles. The Balaban J connectivity index is 2.18. The van der Waals surface area contributed by atoms with Crippen molar-refractivity contribution in [3.63, 3.8) is 0 Å². The molecule has 0 fully saturated rings. The van der Waals surface area contributed by atoms with Crippen molar-refractivity contribution in [3.05, 3.63) is 65.2 Å². The molecule has 0 unspecified atom stereocenters. The van der Waals surface area contributed by atoms with Crippen LogP contribution in [0.5, 0.6) is 0 Å². The second-order valence-corrected chi connectivity index (χ2v) is 3.92. The minimum atomic E-state index is -0.342. The molecule has 3 heteroatoms. The second kappa shape index (κ2) is 4.87. The Labute approximate surface area is 99.1 Å². The number of aromatic nitrogens is 1. The first-order chi connectivity index (χ1) is 8.16. The molecule has 17 heavy (non-hydrogen) atoms. The number of benzene rings is 1. The van der Waals surface area contributed by atoms with Crippen molar-refractivity contribution in [1.29, 1.82) is 0 Å². The fourth-order valence-electron chi connectivity index (χ4n) is 1.55. The zero-order valence-electron chi connectivity index (χ0n) is 9.48. The van der Waals surface area contributed by atoms with E-state index >= 15 is 0 Å². The Morgan fingerprint density at radius 3 is 2.59 bits per heavy atom. The van der Waals surface area contributed by atoms with Gasteiger partial charge in [0.15, 0.2) is 5.78 Å². The average molecular weight is 229 g/mol. The van der Waals surface area contributed by atoms with Crippen LogP contribution in [0.3, 0.4) is 0 Å². The number of pyridine rings is 1. The summed E-state index contributed by atoms with van der Waals surface area (Å²) in [4.78, 5) is 15.8. The van der Waals surface area contributed by atoms with Gasteiger partial charge in [0.05, 0.1) is 0 Å². The van der Waals surface area contributed by atoms with E-state index in [1.54, 1.807) is 43.6 Å². The number of Topliss-reactive ketones (excluding diaryl/α,β-unsaturated/α-hetero) is 1. The second-order valence-electron chi connectivity index (χ2n) is 3.92. The van der Waals surface area contributed by atoms with Crippen LogP contribution in [0.15, 0.2) is 42.7 Å². The van der Waals surface area contributed by atoms with Crippen LogP contribution >= 0.6 is 0 Å². The van der Waals surface area contributed by atoms with Crippen molar-refractivity contribution < 1.29 is 9.18 Å². The van der Waals surface area contributed by atoms with Gasteiger partial charge in [-0.2, -0.15) is 0 Å². The molecule has 0 aliphatic heterocycles. The molecule has 0 N–H and O–H groups in total. The van der Waals surface area contributed by atoms with E-state index in [0.717, 1.165) is 5.56 Å². The van der Waals surface area contributed by atoms with Crippen molar-refractivity contribution in [2.75, 3.05) is 0 Å². The highest BCUT2D eigenvalue weighted by molar-refractivity contribution is 5.97. The molecule has 0 radical (unpaired) electrons. The predicted molar refractivity (Wildman–Crippen MR) is 63.4 cm³/mol. The lowest BCUT2D eigenvalue weighted by Crippen LogP contribution is -2.04. The molecule has 0 saturated heterocycles. The highest BCUT2D eigenvalue weighted by Gasteiger charge is 2.08. The molecule has 1 aromatic heterocycles. The predicted octanol–water partition coefficient (Wildman–Crippen LogP) is 2.95. The fraction of sp³-hybridized carbons (Fsp3) is 0.143. The summed E-state index contributed by atoms with van der Waals surface area (Å²) in [6.07, 6.45) is 3.54. The quantitative estimate of drug-likeness (QED) is 0.757. The number of hydrogen-bond acceptors (Lipinski definition) is 2. The lowest BCUT2D eigenvalue weighted by atomic mass is 10.0. The number of halogens is 1. The third kappa shape index (κ3) is 2.75. The number of carbonyl (C=O) groups excluding carboxylic acids is 1. The number of rotatable bonds is 3. The van der Waals surface area contributed by atoms with Gasteiger partial charge in [0.1, 0.15) is 5.82 Å². The van der Waals surface area contributed by atoms with Gasteiger partial charge in [-0.1, -0.05) is 12.1 Å². The summed E-state index contributed by atoms with van der Waals surface area (Å²) in [6.45, 7) is 1.67. The van der Waals surface area contributed by atoms with Gasteiger partial charge in [-0.25, -0.2) is 4.39 Å². The topological polar surface area (TPSA) is 30.0 Å². The zero-order valence-corrected chi connectivity index (χ0v) is 9.48. The largest absolute Gasteiger partial charge is 0.294 e. The minimum absolute atomic E-state index is 0.0879. The lowest BCUT2D eigenvalue weighted by Gasteiger charge is -2.03. The summed E-state index contributed by atoms with van der Waals surface area (Å²) < 4.78 is 13.3. The van der Waals surface area contributed by atoms with Crippen molar-refractivity contribution in [3.8, 4) is 0 Å². The van der Waals surface area contributed by atoms with Crippen molar-refractivity contribution in [2.24, 2.45) is 0 Å². The van der Waals surface area contributed by atoms with Crippen LogP contribution in [-0.4, -0.2) is 10.8 Å². The fourth-order valence-corrected chi connectivity index (χ4v) is 1.55. The number of carbonyl (C=O) groups is 1. The monoisotopic (exact) mass is 229 g/mol. The van der Waals surface area contributed by atoms with E-state index in [0.29, 0.717) is 11.1 Å². The van der Waals surface area contributed by atoms with E-state index in [1.807, 2.05) is 0 Å². The summed E-state index contributed by atoms with van der Waals surface area (Å²) in [5, 5.41) is 0. The van der Waals surface area contributed by atoms with Gasteiger partial charge in [-0.05, 0) is 36.2 Å². The number of aryl methyl sites for hydroxylation is 1. The molecule has 0 amide bonds. The SMILES string of the molecule is Cc1ccc(C(=O)Cc2ccncc2)cc1F. The highest BCUT2D eigenvalue weighted by atomic mass is 19.1. The maximum Gasteiger partial charge on any atom is 0.167 e. The van der Waals surface area contributed by atoms with Crippen molar-refractivity contribution in [2.45, 2.75) is 13.3 Å². The Morgan fingerprint density at radius 2 is 1.94 bits per heavy atom. The van der Waals surface area contributed by atoms with Gasteiger partial charge in [0.2, 0.25) is 0 Å². The molecule has 0 spiro atoms. The zero-order chi connectivity index (χ0) is 12.3. The van der Waals surface area contributed by atoms with Gasteiger partial charge < -0.3 is 0 Å². The molecule has 2 aromatic rings. The van der Waals surface area contributed by atoms with E-state index in [1.165, 1.54) is 6.07 Å². The van der Waals surface area contributed by atoms with Gasteiger partial charge in [-0.3, -0.25) is 9.78 Å². The van der Waals surface area contributed by atoms with Crippen LogP contribution in [0.1, 0.15) is 21.5 Å². The highest BCUT2D eigenvalue weighted by Crippen LogP contribution is 2.12. The van der Waals surface area contributed by atoms with E-state index < -0.39 is 0 Å². The Morgan fingerprint density at radius 1 is 1.24 bits per heavy atom. The van der Waals surface area contributed by atoms with Crippen LogP contribution in [0.25, 0.3) is 0 Å². The van der Waals surface area contributed by atoms with E-state index in [4.69, 9.17) is 0 Å². The number of nitrogens with zero attached hydrogens (tertiary/aromatic N) is 1. The molecule has 0 saturated carbocycles. The molecular formula is C14H12FNO. The standard InChI is InChI=1S/C14H12FNO/c1-10-2-3-12(9-13(10)15)14(17)8-11-4-6-16-7-5-11/h2-7,9H,8H2,1H3. The maximum atomic E-state index is 13.3. The van der Waals surface area contributed by atoms with Gasteiger partial charge in [-0.15, -0.1) is 0 Å². The third-order valence-corrected chi connectivity index (χ3v) is 2.61. The minimum Gasteiger partial charge on any atom is -0.294 e. The summed E-state index contributed by atoms with van der Waals surface area (Å²) >= 11 is 0. The van der Waals surface area contributed by atoms with Crippen molar-refractivity contribution in [1.82, 2.24) is 4.98 Å². The van der Waals surface area contributed by atoms with Gasteiger partial charge in [0, 0.05) is 24.4 Å². The lowest BCUT2D eigenvalue weighted by molar-refractivity contribution is 0.0992. The molecule has 0 bridgehead atoms. The van der Waals surface area contributed by atoms with Gasteiger partial charge >= 0.3 is 0 Å². The Hall–Kier alpha value is -2.03. The summed E-state index contributed by atoms with van der Waals surface area (Å²) in [5.41, 5.74) is 1.83. The molecule has 2 rings (SSSR count). The maximum absolute atomic E-state index is 13.3. The average Bonchev–Trinajstić information content (AvgIpc) is 2.34. The van der Waals surface area contributed by atoms with Gasteiger partial charge in [0.25, 0.3) is 0 Å². The molecule has 0 atom stereocenters. The summed E-state index contributed by atoms with van der Waals surface area (Å²) in [5.74, 6) is -0.430. The summed E-state index contributed by atoms with van der Waals surface area (Å²) in [6, 6.07) is 8.13. The van der Waals surface area contributed by atoms with Crippen molar-refractivity contribution >= 4 is 5.78 Å². The smallest absolute Gasteiger partial charge is 0.167 e. The van der Waals surface area contributed by atoms with Crippen LogP contribution in [0.2, 0.25) is 0 Å². The normalized spacial score (nSPS) is 10.2. The summed E-state index contributed by atoms with van der Waals surface area (Å²) in [7, 11) is 0. The van der Waals surface area contributed by atoms with Crippen LogP contribution in [0, 0.1) is 12.7 Å². The first-order valence-electron chi connectivity index (χ1n) is 5.35. The third-order valence-electron chi connectivity index (χ3n) is 2.61.